The Kier molecular flexibility index (Phi) is 9.89. The highest BCUT2D eigenvalue weighted by atomic mass is 32.2. The van der Waals surface area contributed by atoms with Crippen LogP contribution in [-0.2, 0) is 21.4 Å². The van der Waals surface area contributed by atoms with Crippen molar-refractivity contribution >= 4 is 33.3 Å². The molecule has 8 nitrogen and oxygen atoms in total. The smallest absolute Gasteiger partial charge is 0.478 e. The molecule has 204 valence electrons. The molecular weight excluding hydrogens is 525 g/mol. The molecule has 0 bridgehead atoms. The SMILES string of the molecule is CCN(Cc1ccccc1)c1ccc(NS(=O)(=O)c2ccc(C)cc2C)cc1C(=O)O.O=C(O)C(F)(F)F. The second-order valence-electron chi connectivity index (χ2n) is 8.21. The second-order valence-corrected chi connectivity index (χ2v) is 9.87. The van der Waals surface area contributed by atoms with Crippen molar-refractivity contribution in [3.63, 3.8) is 0 Å². The summed E-state index contributed by atoms with van der Waals surface area (Å²) in [6.07, 6.45) is -5.08. The molecule has 0 spiro atoms. The monoisotopic (exact) mass is 552 g/mol. The van der Waals surface area contributed by atoms with E-state index in [0.717, 1.165) is 11.1 Å². The third-order valence-electron chi connectivity index (χ3n) is 5.28. The first-order valence-electron chi connectivity index (χ1n) is 11.2. The number of aliphatic carboxylic acids is 1. The molecule has 0 radical (unpaired) electrons. The van der Waals surface area contributed by atoms with E-state index >= 15 is 0 Å². The van der Waals surface area contributed by atoms with Gasteiger partial charge in [-0.25, -0.2) is 18.0 Å². The van der Waals surface area contributed by atoms with E-state index in [0.29, 0.717) is 24.3 Å². The molecular formula is C26H27F3N2O6S. The van der Waals surface area contributed by atoms with Gasteiger partial charge in [0.25, 0.3) is 10.0 Å². The van der Waals surface area contributed by atoms with Crippen LogP contribution in [0.15, 0.2) is 71.6 Å². The number of nitrogens with zero attached hydrogens (tertiary/aromatic N) is 1. The van der Waals surface area contributed by atoms with Crippen molar-refractivity contribution in [1.82, 2.24) is 0 Å². The summed E-state index contributed by atoms with van der Waals surface area (Å²) in [5, 5.41) is 16.9. The van der Waals surface area contributed by atoms with Crippen molar-refractivity contribution in [3.8, 4) is 0 Å². The van der Waals surface area contributed by atoms with Crippen molar-refractivity contribution in [3.05, 3.63) is 89.0 Å². The highest BCUT2D eigenvalue weighted by Crippen LogP contribution is 2.28. The van der Waals surface area contributed by atoms with E-state index in [2.05, 4.69) is 4.72 Å². The number of aromatic carboxylic acids is 1. The lowest BCUT2D eigenvalue weighted by atomic mass is 10.1. The first kappa shape index (κ1) is 30.2. The van der Waals surface area contributed by atoms with Gasteiger partial charge >= 0.3 is 18.1 Å². The second kappa shape index (κ2) is 12.5. The number of carbonyl (C=O) groups is 2. The topological polar surface area (TPSA) is 124 Å². The average Bonchev–Trinajstić information content (AvgIpc) is 2.82. The number of aryl methyl sites for hydroxylation is 2. The summed E-state index contributed by atoms with van der Waals surface area (Å²) in [4.78, 5) is 23.0. The van der Waals surface area contributed by atoms with Gasteiger partial charge in [0.1, 0.15) is 0 Å². The van der Waals surface area contributed by atoms with Gasteiger partial charge in [0, 0.05) is 18.8 Å². The Labute approximate surface area is 218 Å². The Hall–Kier alpha value is -4.06. The molecule has 12 heteroatoms. The molecule has 0 saturated carbocycles. The zero-order chi connectivity index (χ0) is 28.7. The summed E-state index contributed by atoms with van der Waals surface area (Å²) in [5.41, 5.74) is 3.43. The third kappa shape index (κ3) is 8.23. The normalized spacial score (nSPS) is 11.2. The van der Waals surface area contributed by atoms with E-state index in [-0.39, 0.29) is 16.1 Å². The zero-order valence-corrected chi connectivity index (χ0v) is 21.6. The van der Waals surface area contributed by atoms with E-state index in [1.54, 1.807) is 37.3 Å². The van der Waals surface area contributed by atoms with Crippen LogP contribution >= 0.6 is 0 Å². The van der Waals surface area contributed by atoms with Crippen LogP contribution in [0.2, 0.25) is 0 Å². The number of hydrogen-bond donors (Lipinski definition) is 3. The molecule has 3 N–H and O–H groups in total. The summed E-state index contributed by atoms with van der Waals surface area (Å²) < 4.78 is 60.0. The minimum absolute atomic E-state index is 0.0404. The number of carboxylic acids is 2. The zero-order valence-electron chi connectivity index (χ0n) is 20.8. The van der Waals surface area contributed by atoms with Crippen LogP contribution in [0.4, 0.5) is 24.5 Å². The first-order chi connectivity index (χ1) is 17.7. The summed E-state index contributed by atoms with van der Waals surface area (Å²) >= 11 is 0. The molecule has 3 rings (SSSR count). The van der Waals surface area contributed by atoms with Crippen LogP contribution in [0.1, 0.15) is 34.0 Å². The van der Waals surface area contributed by atoms with Crippen molar-refractivity contribution in [2.24, 2.45) is 0 Å². The molecule has 0 heterocycles. The number of halogens is 3. The number of alkyl halides is 3. The van der Waals surface area contributed by atoms with Gasteiger partial charge in [0.05, 0.1) is 16.1 Å². The van der Waals surface area contributed by atoms with Gasteiger partial charge in [-0.05, 0) is 56.2 Å². The van der Waals surface area contributed by atoms with Crippen LogP contribution in [0.25, 0.3) is 0 Å². The van der Waals surface area contributed by atoms with Crippen LogP contribution in [0, 0.1) is 13.8 Å². The maximum Gasteiger partial charge on any atom is 0.490 e. The van der Waals surface area contributed by atoms with Crippen LogP contribution in [0.5, 0.6) is 0 Å². The molecule has 3 aromatic carbocycles. The van der Waals surface area contributed by atoms with E-state index in [1.807, 2.05) is 49.1 Å². The van der Waals surface area contributed by atoms with Crippen LogP contribution in [-0.4, -0.2) is 43.3 Å². The Morgan fingerprint density at radius 3 is 2.05 bits per heavy atom. The maximum absolute atomic E-state index is 12.9. The number of benzene rings is 3. The van der Waals surface area contributed by atoms with E-state index in [1.165, 1.54) is 6.07 Å². The number of hydrogen-bond acceptors (Lipinski definition) is 5. The highest BCUT2D eigenvalue weighted by Gasteiger charge is 2.38. The Morgan fingerprint density at radius 1 is 0.947 bits per heavy atom. The summed E-state index contributed by atoms with van der Waals surface area (Å²) in [5.74, 6) is -3.87. The lowest BCUT2D eigenvalue weighted by Gasteiger charge is -2.25. The molecule has 0 amide bonds. The van der Waals surface area contributed by atoms with Crippen molar-refractivity contribution < 1.29 is 41.4 Å². The number of anilines is 2. The number of nitrogens with one attached hydrogen (secondary N) is 1. The van der Waals surface area contributed by atoms with Crippen molar-refractivity contribution in [2.75, 3.05) is 16.2 Å². The summed E-state index contributed by atoms with van der Waals surface area (Å²) in [7, 11) is -3.85. The number of rotatable bonds is 8. The van der Waals surface area contributed by atoms with Crippen LogP contribution < -0.4 is 9.62 Å². The molecule has 0 atom stereocenters. The number of sulfonamides is 1. The number of carboxylic acid groups (broad SMARTS) is 2. The fraction of sp³-hybridized carbons (Fsp3) is 0.231. The fourth-order valence-corrected chi connectivity index (χ4v) is 4.81. The minimum atomic E-state index is -5.08. The predicted octanol–water partition coefficient (Wildman–Crippen LogP) is 5.46. The molecule has 0 fully saturated rings. The van der Waals surface area contributed by atoms with Crippen LogP contribution in [0.3, 0.4) is 0 Å². The average molecular weight is 553 g/mol. The molecule has 3 aromatic rings. The first-order valence-corrected chi connectivity index (χ1v) is 12.7. The van der Waals surface area contributed by atoms with Gasteiger partial charge in [0.15, 0.2) is 0 Å². The molecule has 0 aromatic heterocycles. The van der Waals surface area contributed by atoms with E-state index < -0.39 is 28.1 Å². The summed E-state index contributed by atoms with van der Waals surface area (Å²) in [6, 6.07) is 19.5. The van der Waals surface area contributed by atoms with Gasteiger partial charge in [0.2, 0.25) is 0 Å². The molecule has 0 aliphatic heterocycles. The standard InChI is InChI=1S/C24H26N2O4S.C2HF3O2/c1-4-26(16-19-8-6-5-7-9-19)22-12-11-20(15-21(22)24(27)28)25-31(29,30)23-13-10-17(2)14-18(23)3;3-2(4,5)1(6)7/h5-15,25H,4,16H2,1-3H3,(H,27,28);(H,6,7). The van der Waals surface area contributed by atoms with Gasteiger partial charge < -0.3 is 15.1 Å². The largest absolute Gasteiger partial charge is 0.490 e. The highest BCUT2D eigenvalue weighted by molar-refractivity contribution is 7.92. The fourth-order valence-electron chi connectivity index (χ4n) is 3.53. The van der Waals surface area contributed by atoms with Gasteiger partial charge in [-0.1, -0.05) is 48.0 Å². The maximum atomic E-state index is 12.9. The van der Waals surface area contributed by atoms with Gasteiger partial charge in [-0.15, -0.1) is 0 Å². The molecule has 0 unspecified atom stereocenters. The molecule has 0 saturated heterocycles. The molecule has 0 aliphatic rings. The Morgan fingerprint density at radius 2 is 1.55 bits per heavy atom. The molecule has 38 heavy (non-hydrogen) atoms. The quantitative estimate of drug-likeness (QED) is 0.339. The molecule has 0 aliphatic carbocycles. The van der Waals surface area contributed by atoms with Gasteiger partial charge in [-0.2, -0.15) is 13.2 Å². The Bertz CT molecular complexity index is 1390. The summed E-state index contributed by atoms with van der Waals surface area (Å²) in [6.45, 7) is 6.72. The van der Waals surface area contributed by atoms with Gasteiger partial charge in [-0.3, -0.25) is 4.72 Å². The predicted molar refractivity (Wildman–Crippen MR) is 137 cm³/mol. The Balaban J connectivity index is 0.000000638. The van der Waals surface area contributed by atoms with E-state index in [4.69, 9.17) is 9.90 Å². The van der Waals surface area contributed by atoms with E-state index in [9.17, 15) is 31.5 Å². The lowest BCUT2D eigenvalue weighted by molar-refractivity contribution is -0.192. The van der Waals surface area contributed by atoms with Crippen molar-refractivity contribution in [2.45, 2.75) is 38.4 Å². The van der Waals surface area contributed by atoms with Crippen molar-refractivity contribution in [1.29, 1.82) is 0 Å². The minimum Gasteiger partial charge on any atom is -0.478 e. The third-order valence-corrected chi connectivity index (χ3v) is 6.82. The lowest BCUT2D eigenvalue weighted by Crippen LogP contribution is -2.24.